The monoisotopic (exact) mass is 380 g/mol. The van der Waals surface area contributed by atoms with Crippen molar-refractivity contribution in [1.29, 1.82) is 15.8 Å². The second-order valence-electron chi connectivity index (χ2n) is 8.65. The Bertz CT molecular complexity index is 780. The molecular formula is C22H32N6+2. The van der Waals surface area contributed by atoms with Gasteiger partial charge >= 0.3 is 0 Å². The van der Waals surface area contributed by atoms with Crippen molar-refractivity contribution in [1.82, 2.24) is 0 Å². The number of nitrogens with zero attached hydrogens (tertiary/aromatic N) is 3. The highest BCUT2D eigenvalue weighted by molar-refractivity contribution is 5.58. The van der Waals surface area contributed by atoms with Gasteiger partial charge in [0.25, 0.3) is 0 Å². The van der Waals surface area contributed by atoms with Crippen molar-refractivity contribution in [3.05, 3.63) is 22.9 Å². The lowest BCUT2D eigenvalue weighted by molar-refractivity contribution is -0.912. The van der Waals surface area contributed by atoms with Crippen molar-refractivity contribution in [3.63, 3.8) is 0 Å². The summed E-state index contributed by atoms with van der Waals surface area (Å²) in [6.07, 6.45) is 6.01. The van der Waals surface area contributed by atoms with Gasteiger partial charge in [-0.2, -0.15) is 15.8 Å². The van der Waals surface area contributed by atoms with E-state index in [-0.39, 0.29) is 11.6 Å². The third-order valence-electron chi connectivity index (χ3n) is 7.36. The van der Waals surface area contributed by atoms with Crippen LogP contribution in [0.4, 0.5) is 0 Å². The van der Waals surface area contributed by atoms with Gasteiger partial charge in [0, 0.05) is 24.2 Å². The number of nitriles is 3. The van der Waals surface area contributed by atoms with Crippen molar-refractivity contribution in [2.45, 2.75) is 39.5 Å². The first-order valence-corrected chi connectivity index (χ1v) is 10.6. The van der Waals surface area contributed by atoms with Gasteiger partial charge in [-0.3, -0.25) is 0 Å². The molecule has 4 N–H and O–H groups in total. The Morgan fingerprint density at radius 2 is 1.68 bits per heavy atom. The van der Waals surface area contributed by atoms with Crippen LogP contribution < -0.4 is 15.5 Å². The average molecular weight is 381 g/mol. The van der Waals surface area contributed by atoms with Crippen LogP contribution in [-0.4, -0.2) is 39.3 Å². The fourth-order valence-corrected chi connectivity index (χ4v) is 5.95. The number of likely N-dealkylation sites (tertiary alicyclic amines) is 1. The molecule has 2 aliphatic heterocycles. The molecule has 2 unspecified atom stereocenters. The van der Waals surface area contributed by atoms with Crippen LogP contribution in [0.5, 0.6) is 0 Å². The molecule has 0 radical (unpaired) electrons. The van der Waals surface area contributed by atoms with E-state index in [1.165, 1.54) is 4.90 Å². The molecule has 0 amide bonds. The molecule has 3 aliphatic rings. The molecule has 3 rings (SSSR count). The molecule has 1 spiro atoms. The maximum absolute atomic E-state index is 10.2. The van der Waals surface area contributed by atoms with E-state index in [0.717, 1.165) is 70.5 Å². The van der Waals surface area contributed by atoms with Crippen LogP contribution in [0.25, 0.3) is 0 Å². The normalized spacial score (nSPS) is 34.0. The maximum Gasteiger partial charge on any atom is 0.190 e. The number of fused-ring (bicyclic) bond motifs is 2. The predicted octanol–water partition coefficient (Wildman–Crippen LogP) is -0.304. The van der Waals surface area contributed by atoms with Crippen LogP contribution >= 0.6 is 0 Å². The first-order valence-electron chi connectivity index (χ1n) is 10.6. The topological polar surface area (TPSA) is 106 Å². The minimum Gasteiger partial charge on any atom is -0.399 e. The van der Waals surface area contributed by atoms with E-state index in [2.05, 4.69) is 38.1 Å². The number of quaternary nitrogens is 2. The van der Waals surface area contributed by atoms with Crippen LogP contribution in [-0.2, 0) is 0 Å². The first-order chi connectivity index (χ1) is 13.5. The quantitative estimate of drug-likeness (QED) is 0.622. The van der Waals surface area contributed by atoms with E-state index < -0.39 is 10.8 Å². The fraction of sp³-hybridized carbons (Fsp3) is 0.682. The van der Waals surface area contributed by atoms with E-state index in [4.69, 9.17) is 5.73 Å². The lowest BCUT2D eigenvalue weighted by Gasteiger charge is -2.55. The maximum atomic E-state index is 10.2. The highest BCUT2D eigenvalue weighted by atomic mass is 15.1. The Morgan fingerprint density at radius 3 is 2.21 bits per heavy atom. The molecule has 0 bridgehead atoms. The standard InChI is InChI=1S/C22H30N6/c1-3-8-27-11-6-21(7-12-27)19-14-28(9-4-2)10-5-17(19)18(13-23)20(26)22(21,15-24)16-25/h5,19H,3-4,6-12,14,26H2,1-2H3/p+2. The van der Waals surface area contributed by atoms with Gasteiger partial charge in [-0.05, 0) is 24.5 Å². The Kier molecular flexibility index (Phi) is 5.80. The van der Waals surface area contributed by atoms with Gasteiger partial charge < -0.3 is 15.5 Å². The van der Waals surface area contributed by atoms with Gasteiger partial charge in [0.1, 0.15) is 6.07 Å². The Hall–Kier alpha value is -2.33. The lowest BCUT2D eigenvalue weighted by atomic mass is 9.47. The van der Waals surface area contributed by atoms with Crippen LogP contribution in [0.15, 0.2) is 22.9 Å². The van der Waals surface area contributed by atoms with Gasteiger partial charge in [0.2, 0.25) is 0 Å². The largest absolute Gasteiger partial charge is 0.399 e. The Morgan fingerprint density at radius 1 is 1.07 bits per heavy atom. The number of allylic oxidation sites excluding steroid dienone is 2. The molecule has 6 nitrogen and oxygen atoms in total. The summed E-state index contributed by atoms with van der Waals surface area (Å²) < 4.78 is 0. The van der Waals surface area contributed by atoms with E-state index >= 15 is 0 Å². The zero-order valence-electron chi connectivity index (χ0n) is 17.1. The molecule has 148 valence electrons. The number of hydrogen-bond acceptors (Lipinski definition) is 4. The summed E-state index contributed by atoms with van der Waals surface area (Å²) in [6, 6.07) is 6.90. The summed E-state index contributed by atoms with van der Waals surface area (Å²) in [5.74, 6) is 0.0484. The van der Waals surface area contributed by atoms with Crippen molar-refractivity contribution in [3.8, 4) is 18.2 Å². The molecule has 1 fully saturated rings. The molecule has 6 heteroatoms. The number of nitrogens with two attached hydrogens (primary N) is 1. The van der Waals surface area contributed by atoms with Crippen LogP contribution in [0.1, 0.15) is 39.5 Å². The van der Waals surface area contributed by atoms with Gasteiger partial charge in [-0.25, -0.2) is 0 Å². The molecule has 0 saturated carbocycles. The molecule has 1 saturated heterocycles. The third-order valence-corrected chi connectivity index (χ3v) is 7.36. The van der Waals surface area contributed by atoms with Crippen LogP contribution in [0, 0.1) is 50.7 Å². The van der Waals surface area contributed by atoms with Crippen molar-refractivity contribution >= 4 is 0 Å². The van der Waals surface area contributed by atoms with Crippen molar-refractivity contribution in [2.24, 2.45) is 22.5 Å². The Labute approximate surface area is 168 Å². The predicted molar refractivity (Wildman–Crippen MR) is 105 cm³/mol. The molecular weight excluding hydrogens is 348 g/mol. The highest BCUT2D eigenvalue weighted by Crippen LogP contribution is 2.60. The number of rotatable bonds is 4. The van der Waals surface area contributed by atoms with Gasteiger partial charge in [0.15, 0.2) is 5.41 Å². The number of hydrogen-bond donors (Lipinski definition) is 3. The van der Waals surface area contributed by atoms with Gasteiger partial charge in [0.05, 0.1) is 62.7 Å². The van der Waals surface area contributed by atoms with Crippen molar-refractivity contribution < 1.29 is 9.80 Å². The molecule has 0 aromatic heterocycles. The first kappa shape index (κ1) is 20.4. The molecule has 28 heavy (non-hydrogen) atoms. The lowest BCUT2D eigenvalue weighted by Crippen LogP contribution is -3.15. The molecule has 1 aliphatic carbocycles. The zero-order chi connectivity index (χ0) is 20.4. The minimum atomic E-state index is -1.41. The Balaban J connectivity index is 2.15. The summed E-state index contributed by atoms with van der Waals surface area (Å²) in [7, 11) is 0. The summed E-state index contributed by atoms with van der Waals surface area (Å²) in [5.41, 5.74) is 6.12. The summed E-state index contributed by atoms with van der Waals surface area (Å²) in [5, 5.41) is 30.3. The smallest absolute Gasteiger partial charge is 0.190 e. The van der Waals surface area contributed by atoms with E-state index in [0.29, 0.717) is 5.57 Å². The second-order valence-corrected chi connectivity index (χ2v) is 8.65. The second kappa shape index (κ2) is 7.96. The number of nitrogens with one attached hydrogen (secondary N) is 2. The van der Waals surface area contributed by atoms with Gasteiger partial charge in [-0.1, -0.05) is 13.8 Å². The molecule has 2 heterocycles. The van der Waals surface area contributed by atoms with Crippen molar-refractivity contribution in [2.75, 3.05) is 39.3 Å². The summed E-state index contributed by atoms with van der Waals surface area (Å²) >= 11 is 0. The third kappa shape index (κ3) is 2.82. The summed E-state index contributed by atoms with van der Waals surface area (Å²) in [4.78, 5) is 3.02. The van der Waals surface area contributed by atoms with Crippen LogP contribution in [0.3, 0.4) is 0 Å². The zero-order valence-corrected chi connectivity index (χ0v) is 17.1. The molecule has 2 atom stereocenters. The average Bonchev–Trinajstić information content (AvgIpc) is 2.72. The van der Waals surface area contributed by atoms with Crippen LogP contribution in [0.2, 0.25) is 0 Å². The number of piperidine rings is 1. The molecule has 0 aromatic carbocycles. The summed E-state index contributed by atoms with van der Waals surface area (Å²) in [6.45, 7) is 10.2. The fourth-order valence-electron chi connectivity index (χ4n) is 5.95. The highest BCUT2D eigenvalue weighted by Gasteiger charge is 2.65. The van der Waals surface area contributed by atoms with E-state index in [1.54, 1.807) is 4.90 Å². The molecule has 0 aromatic rings. The minimum absolute atomic E-state index is 0.0484. The van der Waals surface area contributed by atoms with Gasteiger partial charge in [-0.15, -0.1) is 0 Å². The van der Waals surface area contributed by atoms with E-state index in [9.17, 15) is 15.8 Å². The van der Waals surface area contributed by atoms with E-state index in [1.807, 2.05) is 0 Å². The SMILES string of the molecule is CCC[NH+]1CCC2(CC1)C1C[NH+](CCC)CC=C1C(C#N)=C(N)C2(C#N)C#N.